The van der Waals surface area contributed by atoms with Crippen LogP contribution < -0.4 is 5.32 Å². The lowest BCUT2D eigenvalue weighted by Crippen LogP contribution is -2.32. The number of aryl methyl sites for hydroxylation is 1. The zero-order valence-electron chi connectivity index (χ0n) is 11.2. The van der Waals surface area contributed by atoms with Gasteiger partial charge in [0.2, 0.25) is 0 Å². The average Bonchev–Trinajstić information content (AvgIpc) is 2.78. The third-order valence-electron chi connectivity index (χ3n) is 4.02. The molecule has 0 aromatic carbocycles. The van der Waals surface area contributed by atoms with E-state index in [0.29, 0.717) is 12.0 Å². The number of fused-ring (bicyclic) bond motifs is 1. The first-order valence-corrected chi connectivity index (χ1v) is 6.86. The van der Waals surface area contributed by atoms with Gasteiger partial charge >= 0.3 is 0 Å². The molecule has 0 aliphatic carbocycles. The van der Waals surface area contributed by atoms with Gasteiger partial charge in [0.15, 0.2) is 0 Å². The van der Waals surface area contributed by atoms with Gasteiger partial charge in [0, 0.05) is 19.0 Å². The molecule has 2 atom stereocenters. The normalized spacial score (nSPS) is 18.8. The maximum absolute atomic E-state index is 4.31. The van der Waals surface area contributed by atoms with Crippen LogP contribution in [0.25, 0.3) is 0 Å². The summed E-state index contributed by atoms with van der Waals surface area (Å²) in [6.07, 6.45) is 4.83. The average molecular weight is 236 g/mol. The van der Waals surface area contributed by atoms with E-state index < -0.39 is 0 Å². The Morgan fingerprint density at radius 3 is 2.88 bits per heavy atom. The summed E-state index contributed by atoms with van der Waals surface area (Å²) < 4.78 is 2.29. The fourth-order valence-electron chi connectivity index (χ4n) is 2.31. The molecule has 4 heteroatoms. The van der Waals surface area contributed by atoms with Gasteiger partial charge in [0.25, 0.3) is 0 Å². The first kappa shape index (κ1) is 12.6. The molecular weight excluding hydrogens is 212 g/mol. The number of hydrogen-bond acceptors (Lipinski definition) is 3. The van der Waals surface area contributed by atoms with Gasteiger partial charge in [-0.25, -0.2) is 0 Å². The van der Waals surface area contributed by atoms with E-state index >= 15 is 0 Å². The summed E-state index contributed by atoms with van der Waals surface area (Å²) in [6, 6.07) is 0.538. The topological polar surface area (TPSA) is 42.7 Å². The zero-order valence-corrected chi connectivity index (χ0v) is 11.2. The summed E-state index contributed by atoms with van der Waals surface area (Å²) in [6.45, 7) is 8.72. The maximum atomic E-state index is 4.31. The second-order valence-electron chi connectivity index (χ2n) is 5.20. The Balaban J connectivity index is 1.93. The van der Waals surface area contributed by atoms with Gasteiger partial charge in [-0.2, -0.15) is 0 Å². The minimum atomic E-state index is 0.538. The van der Waals surface area contributed by atoms with E-state index in [1.54, 1.807) is 0 Å². The van der Waals surface area contributed by atoms with Crippen LogP contribution in [0.3, 0.4) is 0 Å². The minimum Gasteiger partial charge on any atom is -0.314 e. The van der Waals surface area contributed by atoms with Crippen molar-refractivity contribution in [2.24, 2.45) is 5.92 Å². The lowest BCUT2D eigenvalue weighted by atomic mass is 10.0. The Morgan fingerprint density at radius 2 is 2.12 bits per heavy atom. The lowest BCUT2D eigenvalue weighted by molar-refractivity contribution is 0.380. The number of aromatic nitrogens is 3. The Labute approximate surface area is 104 Å². The van der Waals surface area contributed by atoms with Crippen molar-refractivity contribution in [1.29, 1.82) is 0 Å². The highest BCUT2D eigenvalue weighted by molar-refractivity contribution is 4.98. The van der Waals surface area contributed by atoms with E-state index in [1.807, 2.05) is 0 Å². The smallest absolute Gasteiger partial charge is 0.147 e. The van der Waals surface area contributed by atoms with Gasteiger partial charge in [-0.05, 0) is 25.7 Å². The molecule has 4 nitrogen and oxygen atoms in total. The van der Waals surface area contributed by atoms with Crippen molar-refractivity contribution in [1.82, 2.24) is 20.1 Å². The summed E-state index contributed by atoms with van der Waals surface area (Å²) >= 11 is 0. The van der Waals surface area contributed by atoms with Crippen LogP contribution in [0.4, 0.5) is 0 Å². The molecule has 1 aliphatic rings. The van der Waals surface area contributed by atoms with E-state index in [9.17, 15) is 0 Å². The molecule has 96 valence electrons. The van der Waals surface area contributed by atoms with E-state index in [1.165, 1.54) is 25.1 Å². The Kier molecular flexibility index (Phi) is 4.15. The molecule has 1 N–H and O–H groups in total. The van der Waals surface area contributed by atoms with E-state index in [0.717, 1.165) is 25.3 Å². The van der Waals surface area contributed by atoms with Crippen LogP contribution in [0.1, 0.15) is 51.7 Å². The van der Waals surface area contributed by atoms with Gasteiger partial charge in [-0.3, -0.25) is 0 Å². The van der Waals surface area contributed by atoms with Crippen molar-refractivity contribution >= 4 is 0 Å². The number of rotatable bonds is 5. The monoisotopic (exact) mass is 236 g/mol. The number of hydrogen-bond donors (Lipinski definition) is 1. The van der Waals surface area contributed by atoms with Gasteiger partial charge < -0.3 is 9.88 Å². The SMILES string of the molecule is CCC(C)C(C)NCc1nnc2n1CCCC2. The summed E-state index contributed by atoms with van der Waals surface area (Å²) in [5.74, 6) is 2.98. The zero-order chi connectivity index (χ0) is 12.3. The van der Waals surface area contributed by atoms with Gasteiger partial charge in [-0.1, -0.05) is 20.3 Å². The highest BCUT2D eigenvalue weighted by atomic mass is 15.3. The summed E-state index contributed by atoms with van der Waals surface area (Å²) in [5.41, 5.74) is 0. The Bertz CT molecular complexity index is 358. The van der Waals surface area contributed by atoms with Crippen molar-refractivity contribution < 1.29 is 0 Å². The number of nitrogens with zero attached hydrogens (tertiary/aromatic N) is 3. The van der Waals surface area contributed by atoms with Crippen molar-refractivity contribution in [3.63, 3.8) is 0 Å². The molecule has 0 saturated carbocycles. The standard InChI is InChI=1S/C13H24N4/c1-4-10(2)11(3)14-9-13-16-15-12-7-5-6-8-17(12)13/h10-11,14H,4-9H2,1-3H3. The van der Waals surface area contributed by atoms with Crippen LogP contribution in [-0.4, -0.2) is 20.8 Å². The highest BCUT2D eigenvalue weighted by Crippen LogP contribution is 2.14. The van der Waals surface area contributed by atoms with E-state index in [-0.39, 0.29) is 0 Å². The van der Waals surface area contributed by atoms with Crippen molar-refractivity contribution in [2.45, 2.75) is 65.6 Å². The van der Waals surface area contributed by atoms with Crippen LogP contribution in [0.5, 0.6) is 0 Å². The van der Waals surface area contributed by atoms with Gasteiger partial charge in [-0.15, -0.1) is 10.2 Å². The summed E-state index contributed by atoms with van der Waals surface area (Å²) in [4.78, 5) is 0. The molecule has 0 fully saturated rings. The largest absolute Gasteiger partial charge is 0.314 e. The molecule has 0 bridgehead atoms. The molecule has 1 aliphatic heterocycles. The highest BCUT2D eigenvalue weighted by Gasteiger charge is 2.16. The van der Waals surface area contributed by atoms with E-state index in [4.69, 9.17) is 0 Å². The van der Waals surface area contributed by atoms with Crippen LogP contribution in [0.15, 0.2) is 0 Å². The molecule has 17 heavy (non-hydrogen) atoms. The molecule has 0 radical (unpaired) electrons. The van der Waals surface area contributed by atoms with Crippen LogP contribution in [0.2, 0.25) is 0 Å². The fraction of sp³-hybridized carbons (Fsp3) is 0.846. The number of nitrogens with one attached hydrogen (secondary N) is 1. The Hall–Kier alpha value is -0.900. The second kappa shape index (κ2) is 5.63. The molecular formula is C13H24N4. The summed E-state index contributed by atoms with van der Waals surface area (Å²) in [5, 5.41) is 12.1. The molecule has 0 saturated heterocycles. The van der Waals surface area contributed by atoms with Crippen LogP contribution >= 0.6 is 0 Å². The predicted molar refractivity (Wildman–Crippen MR) is 68.7 cm³/mol. The first-order valence-electron chi connectivity index (χ1n) is 6.86. The van der Waals surface area contributed by atoms with Crippen molar-refractivity contribution in [2.75, 3.05) is 0 Å². The molecule has 2 unspecified atom stereocenters. The molecule has 1 aromatic heterocycles. The quantitative estimate of drug-likeness (QED) is 0.851. The molecule has 2 rings (SSSR count). The fourth-order valence-corrected chi connectivity index (χ4v) is 2.31. The lowest BCUT2D eigenvalue weighted by Gasteiger charge is -2.20. The predicted octanol–water partition coefficient (Wildman–Crippen LogP) is 2.14. The third-order valence-corrected chi connectivity index (χ3v) is 4.02. The Morgan fingerprint density at radius 1 is 1.29 bits per heavy atom. The van der Waals surface area contributed by atoms with Crippen molar-refractivity contribution in [3.05, 3.63) is 11.6 Å². The molecule has 0 amide bonds. The van der Waals surface area contributed by atoms with Crippen molar-refractivity contribution in [3.8, 4) is 0 Å². The van der Waals surface area contributed by atoms with Gasteiger partial charge in [0.1, 0.15) is 11.6 Å². The maximum Gasteiger partial charge on any atom is 0.147 e. The minimum absolute atomic E-state index is 0.538. The van der Waals surface area contributed by atoms with Crippen LogP contribution in [0, 0.1) is 5.92 Å². The molecule has 2 heterocycles. The third kappa shape index (κ3) is 2.86. The van der Waals surface area contributed by atoms with Gasteiger partial charge in [0.05, 0.1) is 6.54 Å². The first-order chi connectivity index (χ1) is 8.22. The van der Waals surface area contributed by atoms with E-state index in [2.05, 4.69) is 40.9 Å². The second-order valence-corrected chi connectivity index (χ2v) is 5.20. The summed E-state index contributed by atoms with van der Waals surface area (Å²) in [7, 11) is 0. The molecule has 1 aromatic rings. The van der Waals surface area contributed by atoms with Crippen LogP contribution in [-0.2, 0) is 19.5 Å². The molecule has 0 spiro atoms.